The SMILES string of the molecule is CC(C)NC(=O)N[C@@H](C)CNC(=O)N[C@@H](CCCCN)CNC(=O)N[C@H](CNC(=O)N[C@H](CNC(=S)N[C@@H](CCCCN)CNC(=O)N[C@H](CNC(=O)N[C@@H](CCCCN)CNC(=O)N[C@H](CCC(N)=O)C(C)C)Cc1c[nH]c2ccccc12)C(C)C)Cc1ccccc1. The van der Waals surface area contributed by atoms with E-state index in [-0.39, 0.29) is 94.3 Å². The van der Waals surface area contributed by atoms with E-state index in [0.29, 0.717) is 76.1 Å². The Kier molecular flexibility index (Phi) is 39.3. The van der Waals surface area contributed by atoms with Crippen LogP contribution < -0.4 is 108 Å². The summed E-state index contributed by atoms with van der Waals surface area (Å²) in [7, 11) is 0. The highest BCUT2D eigenvalue weighted by Gasteiger charge is 2.25. The molecule has 15 amide bonds. The van der Waals surface area contributed by atoms with E-state index in [1.54, 1.807) is 6.92 Å². The van der Waals surface area contributed by atoms with Crippen molar-refractivity contribution >= 4 is 76.4 Å². The quantitative estimate of drug-likeness (QED) is 0.0286. The molecule has 2 aromatic carbocycles. The number of nitrogens with one attached hydrogen (secondary N) is 17. The Hall–Kier alpha value is -8.09. The molecule has 0 unspecified atom stereocenters. The second kappa shape index (κ2) is 46.1. The molecule has 25 N–H and O–H groups in total. The predicted molar refractivity (Wildman–Crippen MR) is 375 cm³/mol. The summed E-state index contributed by atoms with van der Waals surface area (Å²) < 4.78 is 0. The lowest BCUT2D eigenvalue weighted by atomic mass is 9.99. The molecule has 8 atom stereocenters. The van der Waals surface area contributed by atoms with Gasteiger partial charge in [0.2, 0.25) is 5.91 Å². The van der Waals surface area contributed by atoms with Gasteiger partial charge in [0.15, 0.2) is 5.11 Å². The van der Waals surface area contributed by atoms with Crippen LogP contribution in [0.3, 0.4) is 0 Å². The highest BCUT2D eigenvalue weighted by Crippen LogP contribution is 2.19. The van der Waals surface area contributed by atoms with Gasteiger partial charge in [-0.15, -0.1) is 0 Å². The Balaban J connectivity index is 1.62. The summed E-state index contributed by atoms with van der Waals surface area (Å²) in [6.45, 7) is 15.7. The lowest BCUT2D eigenvalue weighted by Crippen LogP contribution is -2.56. The number of unbranched alkanes of at least 4 members (excludes halogenated alkanes) is 3. The fourth-order valence-corrected chi connectivity index (χ4v) is 10.4. The van der Waals surface area contributed by atoms with Crippen molar-refractivity contribution in [1.29, 1.82) is 0 Å². The first-order chi connectivity index (χ1) is 45.0. The smallest absolute Gasteiger partial charge is 0.315 e. The van der Waals surface area contributed by atoms with Crippen molar-refractivity contribution < 1.29 is 38.4 Å². The van der Waals surface area contributed by atoms with E-state index in [1.807, 2.05) is 102 Å². The highest BCUT2D eigenvalue weighted by molar-refractivity contribution is 7.80. The van der Waals surface area contributed by atoms with Crippen LogP contribution in [0.1, 0.15) is 130 Å². The minimum Gasteiger partial charge on any atom is -0.370 e. The maximum atomic E-state index is 13.9. The van der Waals surface area contributed by atoms with Gasteiger partial charge in [0.1, 0.15) is 0 Å². The number of primary amides is 1. The van der Waals surface area contributed by atoms with E-state index >= 15 is 0 Å². The molecule has 30 heteroatoms. The minimum absolute atomic E-state index is 0.0402. The number of carbonyl (C=O) groups excluding carboxylic acids is 8. The fraction of sp³-hybridized carbons (Fsp3) is 0.641. The van der Waals surface area contributed by atoms with E-state index in [4.69, 9.17) is 35.2 Å². The summed E-state index contributed by atoms with van der Waals surface area (Å²) in [5.41, 5.74) is 25.6. The van der Waals surface area contributed by atoms with Gasteiger partial charge in [-0.3, -0.25) is 4.79 Å². The van der Waals surface area contributed by atoms with Gasteiger partial charge in [-0.05, 0) is 139 Å². The Bertz CT molecular complexity index is 2730. The van der Waals surface area contributed by atoms with Crippen molar-refractivity contribution in [3.63, 3.8) is 0 Å². The van der Waals surface area contributed by atoms with Crippen LogP contribution in [-0.4, -0.2) is 178 Å². The number of benzene rings is 2. The van der Waals surface area contributed by atoms with Crippen molar-refractivity contribution in [1.82, 2.24) is 90.1 Å². The van der Waals surface area contributed by atoms with Crippen LogP contribution in [0, 0.1) is 11.8 Å². The Morgan fingerprint density at radius 2 is 0.851 bits per heavy atom. The molecule has 3 aromatic rings. The molecule has 0 saturated carbocycles. The number of hydrogen-bond acceptors (Lipinski definition) is 12. The summed E-state index contributed by atoms with van der Waals surface area (Å²) in [5.74, 6) is -0.439. The van der Waals surface area contributed by atoms with Crippen molar-refractivity contribution in [3.05, 3.63) is 71.9 Å². The van der Waals surface area contributed by atoms with Crippen molar-refractivity contribution in [3.8, 4) is 0 Å². The molecule has 528 valence electrons. The lowest BCUT2D eigenvalue weighted by molar-refractivity contribution is -0.118. The Morgan fingerprint density at radius 3 is 1.33 bits per heavy atom. The standard InChI is InChI=1S/C64H113N21O8S/c1-41(2)53(26-27-56(68)86)84-61(91)73-36-48(22-14-17-29-66)80-58(88)74-39-51(32-46-34-69-54-25-12-11-24-52(46)54)82-60(90)72-37-49(23-15-18-30-67)83-64(94)76-40-55(42(3)4)85-62(92)75-38-50(31-45-19-9-8-10-20-45)81-59(89)71-35-47(21-13-16-28-65)79-57(87)70-33-44(7)78-63(93)77-43(5)6/h8-12,19-20,24-25,34,41-44,47-51,53,55,69H,13-18,21-23,26-33,35-40,65-67H2,1-7H3,(H2,68,86)(H2,70,79,87)(H2,71,81,89)(H2,72,82,90)(H2,73,84,91)(H2,74,80,88)(H2,75,85,92)(H2,76,83,94)(H2,77,78,93)/t44-,47-,48-,49-,50-,51-,53+,55+/m0/s1. The van der Waals surface area contributed by atoms with E-state index in [2.05, 4.69) is 90.1 Å². The van der Waals surface area contributed by atoms with E-state index in [9.17, 15) is 38.4 Å². The zero-order valence-electron chi connectivity index (χ0n) is 56.4. The summed E-state index contributed by atoms with van der Waals surface area (Å²) in [4.78, 5) is 107. The van der Waals surface area contributed by atoms with Crippen LogP contribution >= 0.6 is 12.2 Å². The van der Waals surface area contributed by atoms with Crippen molar-refractivity contribution in [2.24, 2.45) is 34.8 Å². The molecule has 0 spiro atoms. The van der Waals surface area contributed by atoms with Crippen LogP contribution in [0.5, 0.6) is 0 Å². The molecule has 94 heavy (non-hydrogen) atoms. The third-order valence-electron chi connectivity index (χ3n) is 15.5. The first kappa shape index (κ1) is 80.1. The number of fused-ring (bicyclic) bond motifs is 1. The van der Waals surface area contributed by atoms with Crippen LogP contribution in [0.15, 0.2) is 60.8 Å². The molecule has 3 rings (SSSR count). The Labute approximate surface area is 560 Å². The van der Waals surface area contributed by atoms with Gasteiger partial charge in [-0.2, -0.15) is 0 Å². The van der Waals surface area contributed by atoms with Crippen molar-refractivity contribution in [2.75, 3.05) is 65.4 Å². The molecule has 0 bridgehead atoms. The second-order valence-corrected chi connectivity index (χ2v) is 25.4. The molecule has 1 aromatic heterocycles. The third-order valence-corrected chi connectivity index (χ3v) is 15.8. The molecule has 1 heterocycles. The molecule has 0 saturated heterocycles. The molecule has 0 aliphatic carbocycles. The summed E-state index contributed by atoms with van der Waals surface area (Å²) in [5, 5.41) is 48.7. The number of aromatic amines is 1. The number of H-pyrrole nitrogens is 1. The predicted octanol–water partition coefficient (Wildman–Crippen LogP) is 2.85. The maximum absolute atomic E-state index is 13.9. The summed E-state index contributed by atoms with van der Waals surface area (Å²) in [6.07, 6.45) is 9.26. The maximum Gasteiger partial charge on any atom is 0.315 e. The van der Waals surface area contributed by atoms with Crippen LogP contribution in [0.4, 0.5) is 33.6 Å². The first-order valence-electron chi connectivity index (χ1n) is 33.3. The number of para-hydroxylation sites is 1. The zero-order valence-corrected chi connectivity index (χ0v) is 57.2. The van der Waals surface area contributed by atoms with Gasteiger partial charge in [-0.1, -0.05) is 95.5 Å². The number of thiocarbonyl (C=S) groups is 1. The van der Waals surface area contributed by atoms with E-state index in [1.165, 1.54) is 0 Å². The molecule has 0 fully saturated rings. The average Bonchev–Trinajstić information content (AvgIpc) is 1.88. The topological polar surface area (TPSA) is 449 Å². The number of rotatable bonds is 44. The number of carbonyl (C=O) groups is 8. The van der Waals surface area contributed by atoms with Gasteiger partial charge in [0, 0.05) is 106 Å². The van der Waals surface area contributed by atoms with Crippen LogP contribution in [0.2, 0.25) is 0 Å². The number of urea groups is 7. The van der Waals surface area contributed by atoms with Gasteiger partial charge in [0.25, 0.3) is 0 Å². The highest BCUT2D eigenvalue weighted by atomic mass is 32.1. The third kappa shape index (κ3) is 35.8. The van der Waals surface area contributed by atoms with Crippen LogP contribution in [0.25, 0.3) is 10.9 Å². The van der Waals surface area contributed by atoms with Gasteiger partial charge in [0.05, 0.1) is 18.1 Å². The molecule has 29 nitrogen and oxygen atoms in total. The fourth-order valence-electron chi connectivity index (χ4n) is 10.1. The molecule has 0 radical (unpaired) electrons. The largest absolute Gasteiger partial charge is 0.370 e. The second-order valence-electron chi connectivity index (χ2n) is 25.0. The monoisotopic (exact) mass is 1340 g/mol. The molecule has 0 aliphatic heterocycles. The number of amides is 15. The number of aromatic nitrogens is 1. The molecule has 0 aliphatic rings. The Morgan fingerprint density at radius 1 is 0.426 bits per heavy atom. The van der Waals surface area contributed by atoms with Crippen molar-refractivity contribution in [2.45, 2.75) is 186 Å². The normalized spacial score (nSPS) is 13.7. The number of nitrogens with two attached hydrogens (primary N) is 4. The van der Waals surface area contributed by atoms with Gasteiger partial charge < -0.3 is 113 Å². The zero-order chi connectivity index (χ0) is 69.2. The van der Waals surface area contributed by atoms with E-state index < -0.39 is 72.3 Å². The summed E-state index contributed by atoms with van der Waals surface area (Å²) >= 11 is 5.80. The average molecular weight is 1340 g/mol. The minimum atomic E-state index is -0.574. The molecular formula is C64H113N21O8S. The lowest BCUT2D eigenvalue weighted by Gasteiger charge is -2.27. The summed E-state index contributed by atoms with van der Waals surface area (Å²) in [6, 6.07) is 10.9. The van der Waals surface area contributed by atoms with Gasteiger partial charge >= 0.3 is 42.2 Å². The van der Waals surface area contributed by atoms with Crippen LogP contribution in [-0.2, 0) is 17.6 Å². The first-order valence-corrected chi connectivity index (χ1v) is 33.7. The van der Waals surface area contributed by atoms with Gasteiger partial charge in [-0.25, -0.2) is 33.6 Å². The molecular weight excluding hydrogens is 1220 g/mol. The van der Waals surface area contributed by atoms with E-state index in [0.717, 1.165) is 47.7 Å². The number of hydrogen-bond donors (Lipinski definition) is 21.